The van der Waals surface area contributed by atoms with E-state index in [9.17, 15) is 0 Å². The first-order valence-corrected chi connectivity index (χ1v) is 4.66. The van der Waals surface area contributed by atoms with Crippen LogP contribution >= 0.6 is 0 Å². The Morgan fingerprint density at radius 3 is 2.92 bits per heavy atom. The van der Waals surface area contributed by atoms with Crippen LogP contribution < -0.4 is 5.73 Å². The molecule has 1 saturated heterocycles. The van der Waals surface area contributed by atoms with Crippen molar-refractivity contribution < 1.29 is 9.47 Å². The Labute approximate surface area is 74.2 Å². The lowest BCUT2D eigenvalue weighted by atomic mass is 10.1. The fourth-order valence-electron chi connectivity index (χ4n) is 1.74. The van der Waals surface area contributed by atoms with Crippen LogP contribution in [0, 0.1) is 0 Å². The summed E-state index contributed by atoms with van der Waals surface area (Å²) < 4.78 is 11.0. The smallest absolute Gasteiger partial charge is 0.0857 e. The summed E-state index contributed by atoms with van der Waals surface area (Å²) in [4.78, 5) is 0. The van der Waals surface area contributed by atoms with Crippen molar-refractivity contribution >= 4 is 0 Å². The molecular weight excluding hydrogens is 154 g/mol. The molecule has 0 saturated carbocycles. The van der Waals surface area contributed by atoms with Gasteiger partial charge >= 0.3 is 0 Å². The van der Waals surface area contributed by atoms with Crippen LogP contribution in [0.15, 0.2) is 0 Å². The van der Waals surface area contributed by atoms with Crippen LogP contribution in [0.4, 0.5) is 0 Å². The average molecular weight is 173 g/mol. The third-order valence-electron chi connectivity index (χ3n) is 2.38. The fourth-order valence-corrected chi connectivity index (χ4v) is 1.74. The summed E-state index contributed by atoms with van der Waals surface area (Å²) in [6.07, 6.45) is 3.97. The molecule has 0 radical (unpaired) electrons. The topological polar surface area (TPSA) is 44.5 Å². The van der Waals surface area contributed by atoms with Crippen molar-refractivity contribution in [2.24, 2.45) is 5.73 Å². The molecule has 2 N–H and O–H groups in total. The maximum atomic E-state index is 5.69. The van der Waals surface area contributed by atoms with Crippen molar-refractivity contribution in [2.45, 2.75) is 44.5 Å². The van der Waals surface area contributed by atoms with Crippen LogP contribution in [0.5, 0.6) is 0 Å². The zero-order chi connectivity index (χ0) is 8.97. The molecule has 0 aromatic rings. The first-order chi connectivity index (χ1) is 5.77. The molecule has 3 atom stereocenters. The van der Waals surface area contributed by atoms with Crippen molar-refractivity contribution in [1.29, 1.82) is 0 Å². The minimum Gasteiger partial charge on any atom is -0.379 e. The molecule has 12 heavy (non-hydrogen) atoms. The minimum absolute atomic E-state index is 0.272. The van der Waals surface area contributed by atoms with Crippen LogP contribution in [0.3, 0.4) is 0 Å². The van der Waals surface area contributed by atoms with Crippen LogP contribution in [0.2, 0.25) is 0 Å². The van der Waals surface area contributed by atoms with Crippen LogP contribution in [-0.2, 0) is 9.47 Å². The molecule has 1 rings (SSSR count). The van der Waals surface area contributed by atoms with E-state index in [1.165, 1.54) is 0 Å². The standard InChI is InChI=1S/C9H19NO2/c1-7-6-9(11-2)8(12-7)4-3-5-10/h7-9H,3-6,10H2,1-2H3. The third-order valence-corrected chi connectivity index (χ3v) is 2.38. The molecule has 0 spiro atoms. The summed E-state index contributed by atoms with van der Waals surface area (Å²) in [6.45, 7) is 2.83. The largest absolute Gasteiger partial charge is 0.379 e. The zero-order valence-electron chi connectivity index (χ0n) is 7.95. The number of ether oxygens (including phenoxy) is 2. The van der Waals surface area contributed by atoms with Gasteiger partial charge in [-0.05, 0) is 26.3 Å². The SMILES string of the molecule is COC1CC(C)OC1CCCN. The van der Waals surface area contributed by atoms with Gasteiger partial charge in [0.1, 0.15) is 0 Å². The molecule has 72 valence electrons. The molecule has 1 aliphatic heterocycles. The summed E-state index contributed by atoms with van der Waals surface area (Å²) in [5, 5.41) is 0. The molecule has 0 amide bonds. The number of nitrogens with two attached hydrogens (primary N) is 1. The summed E-state index contributed by atoms with van der Waals surface area (Å²) in [6, 6.07) is 0. The van der Waals surface area contributed by atoms with E-state index in [1.54, 1.807) is 7.11 Å². The normalized spacial score (nSPS) is 35.8. The monoisotopic (exact) mass is 173 g/mol. The zero-order valence-corrected chi connectivity index (χ0v) is 7.95. The molecule has 3 unspecified atom stereocenters. The molecule has 3 nitrogen and oxygen atoms in total. The van der Waals surface area contributed by atoms with E-state index in [2.05, 4.69) is 6.92 Å². The maximum Gasteiger partial charge on any atom is 0.0857 e. The van der Waals surface area contributed by atoms with E-state index < -0.39 is 0 Å². The lowest BCUT2D eigenvalue weighted by Crippen LogP contribution is -2.23. The van der Waals surface area contributed by atoms with Crippen molar-refractivity contribution in [3.05, 3.63) is 0 Å². The van der Waals surface area contributed by atoms with E-state index in [0.717, 1.165) is 25.8 Å². The summed E-state index contributed by atoms with van der Waals surface area (Å²) in [5.74, 6) is 0. The number of methoxy groups -OCH3 is 1. The molecule has 1 aliphatic rings. The lowest BCUT2D eigenvalue weighted by Gasteiger charge is -2.16. The molecule has 0 aliphatic carbocycles. The molecule has 0 aromatic heterocycles. The Bertz CT molecular complexity index is 130. The lowest BCUT2D eigenvalue weighted by molar-refractivity contribution is -0.00584. The van der Waals surface area contributed by atoms with Gasteiger partial charge in [0.2, 0.25) is 0 Å². The van der Waals surface area contributed by atoms with Crippen LogP contribution in [0.1, 0.15) is 26.2 Å². The van der Waals surface area contributed by atoms with Gasteiger partial charge in [0.15, 0.2) is 0 Å². The second kappa shape index (κ2) is 4.80. The van der Waals surface area contributed by atoms with Gasteiger partial charge in [0.25, 0.3) is 0 Å². The van der Waals surface area contributed by atoms with E-state index in [0.29, 0.717) is 6.10 Å². The number of hydrogen-bond acceptors (Lipinski definition) is 3. The van der Waals surface area contributed by atoms with E-state index >= 15 is 0 Å². The number of hydrogen-bond donors (Lipinski definition) is 1. The minimum atomic E-state index is 0.272. The predicted octanol–water partition coefficient (Wildman–Crippen LogP) is 0.918. The highest BCUT2D eigenvalue weighted by molar-refractivity contribution is 4.80. The van der Waals surface area contributed by atoms with Gasteiger partial charge < -0.3 is 15.2 Å². The van der Waals surface area contributed by atoms with Crippen LogP contribution in [-0.4, -0.2) is 32.0 Å². The average Bonchev–Trinajstić information content (AvgIpc) is 2.42. The summed E-state index contributed by atoms with van der Waals surface area (Å²) >= 11 is 0. The number of rotatable bonds is 4. The second-order valence-corrected chi connectivity index (χ2v) is 3.43. The molecule has 1 fully saturated rings. The van der Waals surface area contributed by atoms with E-state index in [4.69, 9.17) is 15.2 Å². The van der Waals surface area contributed by atoms with E-state index in [1.807, 2.05) is 0 Å². The summed E-state index contributed by atoms with van der Waals surface area (Å²) in [5.41, 5.74) is 5.43. The quantitative estimate of drug-likeness (QED) is 0.687. The Kier molecular flexibility index (Phi) is 3.98. The van der Waals surface area contributed by atoms with Gasteiger partial charge in [-0.2, -0.15) is 0 Å². The van der Waals surface area contributed by atoms with Crippen molar-refractivity contribution in [1.82, 2.24) is 0 Å². The van der Waals surface area contributed by atoms with Gasteiger partial charge in [0.05, 0.1) is 18.3 Å². The molecule has 1 heterocycles. The van der Waals surface area contributed by atoms with Gasteiger partial charge in [-0.3, -0.25) is 0 Å². The Balaban J connectivity index is 2.30. The van der Waals surface area contributed by atoms with Gasteiger partial charge in [0, 0.05) is 13.5 Å². The molecular formula is C9H19NO2. The van der Waals surface area contributed by atoms with Gasteiger partial charge in [-0.1, -0.05) is 0 Å². The first kappa shape index (κ1) is 9.96. The second-order valence-electron chi connectivity index (χ2n) is 3.43. The highest BCUT2D eigenvalue weighted by Crippen LogP contribution is 2.25. The van der Waals surface area contributed by atoms with Crippen molar-refractivity contribution in [3.8, 4) is 0 Å². The van der Waals surface area contributed by atoms with Crippen molar-refractivity contribution in [2.75, 3.05) is 13.7 Å². The van der Waals surface area contributed by atoms with Gasteiger partial charge in [-0.15, -0.1) is 0 Å². The third kappa shape index (κ3) is 2.44. The van der Waals surface area contributed by atoms with E-state index in [-0.39, 0.29) is 12.2 Å². The maximum absolute atomic E-state index is 5.69. The van der Waals surface area contributed by atoms with Gasteiger partial charge in [-0.25, -0.2) is 0 Å². The molecule has 0 aromatic carbocycles. The fraction of sp³-hybridized carbons (Fsp3) is 1.00. The molecule has 0 bridgehead atoms. The predicted molar refractivity (Wildman–Crippen MR) is 48.0 cm³/mol. The van der Waals surface area contributed by atoms with Crippen LogP contribution in [0.25, 0.3) is 0 Å². The Hall–Kier alpha value is -0.120. The van der Waals surface area contributed by atoms with Crippen molar-refractivity contribution in [3.63, 3.8) is 0 Å². The highest BCUT2D eigenvalue weighted by Gasteiger charge is 2.31. The Morgan fingerprint density at radius 2 is 2.33 bits per heavy atom. The molecule has 3 heteroatoms. The summed E-state index contributed by atoms with van der Waals surface area (Å²) in [7, 11) is 1.75. The highest BCUT2D eigenvalue weighted by atomic mass is 16.6. The Morgan fingerprint density at radius 1 is 1.58 bits per heavy atom. The first-order valence-electron chi connectivity index (χ1n) is 4.66.